The fraction of sp³-hybridized carbons (Fsp3) is 0.167. The van der Waals surface area contributed by atoms with E-state index in [0.29, 0.717) is 32.1 Å². The molecule has 0 saturated carbocycles. The minimum atomic E-state index is -0.197. The molecule has 2 aromatic heterocycles. The number of carbonyl (C=O) groups excluding carboxylic acids is 1. The SMILES string of the molecule is Nc1c(C(=O)c2ccc(Cl)cc2Cl)sc2nc3c(cc12)CC(c1ccccc1)CC3. The van der Waals surface area contributed by atoms with Crippen LogP contribution >= 0.6 is 34.5 Å². The van der Waals surface area contributed by atoms with E-state index in [0.717, 1.165) is 35.2 Å². The molecule has 0 radical (unpaired) electrons. The average Bonchev–Trinajstić information content (AvgIpc) is 3.07. The van der Waals surface area contributed by atoms with E-state index in [1.807, 2.05) is 6.07 Å². The van der Waals surface area contributed by atoms with Crippen LogP contribution in [0.4, 0.5) is 5.69 Å². The van der Waals surface area contributed by atoms with Crippen LogP contribution in [0.25, 0.3) is 10.2 Å². The number of nitrogens with zero attached hydrogens (tertiary/aromatic N) is 1. The number of hydrogen-bond donors (Lipinski definition) is 1. The zero-order valence-corrected chi connectivity index (χ0v) is 18.3. The molecule has 2 N–H and O–H groups in total. The van der Waals surface area contributed by atoms with Gasteiger partial charge in [0.25, 0.3) is 0 Å². The van der Waals surface area contributed by atoms with Crippen LogP contribution < -0.4 is 5.73 Å². The van der Waals surface area contributed by atoms with E-state index in [1.165, 1.54) is 22.5 Å². The molecule has 4 aromatic rings. The number of thiophene rings is 1. The first-order valence-electron chi connectivity index (χ1n) is 9.76. The summed E-state index contributed by atoms with van der Waals surface area (Å²) in [5.74, 6) is 0.282. The van der Waals surface area contributed by atoms with Gasteiger partial charge in [0.1, 0.15) is 9.71 Å². The van der Waals surface area contributed by atoms with Gasteiger partial charge < -0.3 is 5.73 Å². The summed E-state index contributed by atoms with van der Waals surface area (Å²) in [6.07, 6.45) is 2.93. The highest BCUT2D eigenvalue weighted by molar-refractivity contribution is 7.21. The lowest BCUT2D eigenvalue weighted by atomic mass is 9.82. The molecular weight excluding hydrogens is 435 g/mol. The molecule has 2 aromatic carbocycles. The Hall–Kier alpha value is -2.40. The fourth-order valence-electron chi connectivity index (χ4n) is 4.16. The summed E-state index contributed by atoms with van der Waals surface area (Å²) in [6, 6.07) is 17.6. The molecule has 0 saturated heterocycles. The van der Waals surface area contributed by atoms with Crippen LogP contribution in [0.15, 0.2) is 54.6 Å². The topological polar surface area (TPSA) is 56.0 Å². The van der Waals surface area contributed by atoms with E-state index in [4.69, 9.17) is 33.9 Å². The minimum Gasteiger partial charge on any atom is -0.397 e. The molecule has 1 unspecified atom stereocenters. The van der Waals surface area contributed by atoms with Gasteiger partial charge in [-0.2, -0.15) is 0 Å². The second-order valence-electron chi connectivity index (χ2n) is 7.60. The first-order valence-corrected chi connectivity index (χ1v) is 11.3. The third kappa shape index (κ3) is 3.39. The Labute approximate surface area is 188 Å². The van der Waals surface area contributed by atoms with Crippen molar-refractivity contribution in [3.05, 3.63) is 91.9 Å². The summed E-state index contributed by atoms with van der Waals surface area (Å²) in [7, 11) is 0. The Morgan fingerprint density at radius 2 is 1.90 bits per heavy atom. The molecule has 0 amide bonds. The summed E-state index contributed by atoms with van der Waals surface area (Å²) in [5, 5.41) is 1.66. The molecule has 1 atom stereocenters. The first-order chi connectivity index (χ1) is 14.5. The normalized spacial score (nSPS) is 15.9. The maximum absolute atomic E-state index is 13.1. The Morgan fingerprint density at radius 3 is 2.67 bits per heavy atom. The molecule has 0 aliphatic heterocycles. The van der Waals surface area contributed by atoms with Crippen molar-refractivity contribution < 1.29 is 4.79 Å². The van der Waals surface area contributed by atoms with Crippen LogP contribution in [0, 0.1) is 0 Å². The summed E-state index contributed by atoms with van der Waals surface area (Å²) >= 11 is 13.5. The first kappa shape index (κ1) is 19.6. The lowest BCUT2D eigenvalue weighted by Gasteiger charge is -2.24. The second-order valence-corrected chi connectivity index (χ2v) is 9.44. The molecule has 1 aliphatic rings. The standard InChI is InChI=1S/C24H18Cl2N2OS/c25-16-7-8-17(19(26)12-16)22(29)23-21(27)18-11-15-10-14(13-4-2-1-3-5-13)6-9-20(15)28-24(18)30-23/h1-5,7-8,11-12,14H,6,9-10,27H2. The van der Waals surface area contributed by atoms with E-state index in [1.54, 1.807) is 18.2 Å². The van der Waals surface area contributed by atoms with Crippen LogP contribution in [-0.4, -0.2) is 10.8 Å². The molecule has 1 aliphatic carbocycles. The number of aryl methyl sites for hydroxylation is 1. The maximum atomic E-state index is 13.1. The lowest BCUT2D eigenvalue weighted by molar-refractivity contribution is 0.104. The molecule has 0 fully saturated rings. The lowest BCUT2D eigenvalue weighted by Crippen LogP contribution is -2.14. The quantitative estimate of drug-likeness (QED) is 0.352. The van der Waals surface area contributed by atoms with Crippen molar-refractivity contribution in [2.75, 3.05) is 5.73 Å². The molecular formula is C24H18Cl2N2OS. The van der Waals surface area contributed by atoms with Gasteiger partial charge in [-0.05, 0) is 60.6 Å². The molecule has 2 heterocycles. The van der Waals surface area contributed by atoms with Gasteiger partial charge in [0.2, 0.25) is 5.78 Å². The van der Waals surface area contributed by atoms with E-state index < -0.39 is 0 Å². The van der Waals surface area contributed by atoms with Gasteiger partial charge in [-0.15, -0.1) is 11.3 Å². The number of nitrogen functional groups attached to an aromatic ring is 1. The Kier molecular flexibility index (Phi) is 5.02. The van der Waals surface area contributed by atoms with Crippen LogP contribution in [0.3, 0.4) is 0 Å². The number of rotatable bonds is 3. The number of pyridine rings is 1. The van der Waals surface area contributed by atoms with E-state index >= 15 is 0 Å². The number of anilines is 1. The second kappa shape index (κ2) is 7.69. The van der Waals surface area contributed by atoms with Crippen LogP contribution in [0.1, 0.15) is 44.4 Å². The van der Waals surface area contributed by atoms with Crippen LogP contribution in [0.2, 0.25) is 10.0 Å². The average molecular weight is 453 g/mol. The van der Waals surface area contributed by atoms with Gasteiger partial charge >= 0.3 is 0 Å². The van der Waals surface area contributed by atoms with Crippen molar-refractivity contribution in [3.63, 3.8) is 0 Å². The molecule has 0 bridgehead atoms. The number of hydrogen-bond acceptors (Lipinski definition) is 4. The summed E-state index contributed by atoms with van der Waals surface area (Å²) in [6.45, 7) is 0. The highest BCUT2D eigenvalue weighted by atomic mass is 35.5. The van der Waals surface area contributed by atoms with Crippen molar-refractivity contribution in [2.45, 2.75) is 25.2 Å². The van der Waals surface area contributed by atoms with E-state index in [2.05, 4.69) is 30.3 Å². The van der Waals surface area contributed by atoms with Crippen molar-refractivity contribution in [3.8, 4) is 0 Å². The van der Waals surface area contributed by atoms with Crippen molar-refractivity contribution in [2.24, 2.45) is 0 Å². The smallest absolute Gasteiger partial charge is 0.206 e. The predicted octanol–water partition coefficient (Wildman–Crippen LogP) is 6.69. The van der Waals surface area contributed by atoms with Gasteiger partial charge in [0, 0.05) is 21.7 Å². The summed E-state index contributed by atoms with van der Waals surface area (Å²) in [4.78, 5) is 19.3. The van der Waals surface area contributed by atoms with Gasteiger partial charge in [0.05, 0.1) is 10.7 Å². The number of carbonyl (C=O) groups is 1. The number of ketones is 1. The Morgan fingerprint density at radius 1 is 1.10 bits per heavy atom. The zero-order valence-electron chi connectivity index (χ0n) is 16.0. The molecule has 150 valence electrons. The molecule has 30 heavy (non-hydrogen) atoms. The van der Waals surface area contributed by atoms with Crippen LogP contribution in [0.5, 0.6) is 0 Å². The third-order valence-electron chi connectivity index (χ3n) is 5.74. The Bertz CT molecular complexity index is 1280. The predicted molar refractivity (Wildman–Crippen MR) is 125 cm³/mol. The number of benzene rings is 2. The van der Waals surface area contributed by atoms with Crippen LogP contribution in [-0.2, 0) is 12.8 Å². The van der Waals surface area contributed by atoms with Gasteiger partial charge in [0.15, 0.2) is 0 Å². The third-order valence-corrected chi connectivity index (χ3v) is 7.40. The molecule has 5 rings (SSSR count). The number of fused-ring (bicyclic) bond motifs is 2. The van der Waals surface area contributed by atoms with E-state index in [9.17, 15) is 4.79 Å². The zero-order chi connectivity index (χ0) is 20.8. The Balaban J connectivity index is 1.53. The van der Waals surface area contributed by atoms with Crippen molar-refractivity contribution in [1.29, 1.82) is 0 Å². The van der Waals surface area contributed by atoms with Crippen molar-refractivity contribution >= 4 is 56.2 Å². The van der Waals surface area contributed by atoms with Gasteiger partial charge in [-0.25, -0.2) is 4.98 Å². The van der Waals surface area contributed by atoms with Gasteiger partial charge in [-0.3, -0.25) is 4.79 Å². The molecule has 3 nitrogen and oxygen atoms in total. The van der Waals surface area contributed by atoms with Crippen molar-refractivity contribution in [1.82, 2.24) is 4.98 Å². The fourth-order valence-corrected chi connectivity index (χ4v) is 5.71. The number of halogens is 2. The van der Waals surface area contributed by atoms with Gasteiger partial charge in [-0.1, -0.05) is 53.5 Å². The van der Waals surface area contributed by atoms with E-state index in [-0.39, 0.29) is 5.78 Å². The summed E-state index contributed by atoms with van der Waals surface area (Å²) < 4.78 is 0. The summed E-state index contributed by atoms with van der Waals surface area (Å²) in [5.41, 5.74) is 11.0. The molecule has 6 heteroatoms. The number of aromatic nitrogens is 1. The monoisotopic (exact) mass is 452 g/mol. The highest BCUT2D eigenvalue weighted by Gasteiger charge is 2.25. The molecule has 0 spiro atoms. The minimum absolute atomic E-state index is 0.197. The highest BCUT2D eigenvalue weighted by Crippen LogP contribution is 2.39. The number of nitrogens with two attached hydrogens (primary N) is 1. The maximum Gasteiger partial charge on any atom is 0.206 e. The largest absolute Gasteiger partial charge is 0.397 e.